The first-order valence-corrected chi connectivity index (χ1v) is 5.50. The molecule has 0 aliphatic carbocycles. The predicted molar refractivity (Wildman–Crippen MR) is 59.5 cm³/mol. The highest BCUT2D eigenvalue weighted by atomic mass is 16.5. The van der Waals surface area contributed by atoms with Crippen LogP contribution in [-0.4, -0.2) is 6.10 Å². The van der Waals surface area contributed by atoms with Gasteiger partial charge in [-0.15, -0.1) is 0 Å². The Balaban J connectivity index is 2.46. The Morgan fingerprint density at radius 1 is 1.21 bits per heavy atom. The van der Waals surface area contributed by atoms with Crippen molar-refractivity contribution in [3.63, 3.8) is 0 Å². The Morgan fingerprint density at radius 2 is 1.93 bits per heavy atom. The van der Waals surface area contributed by atoms with Crippen LogP contribution in [0.5, 0.6) is 5.75 Å². The van der Waals surface area contributed by atoms with Gasteiger partial charge in [0, 0.05) is 6.07 Å². The van der Waals surface area contributed by atoms with Gasteiger partial charge in [-0.2, -0.15) is 0 Å². The summed E-state index contributed by atoms with van der Waals surface area (Å²) < 4.78 is 5.84. The van der Waals surface area contributed by atoms with E-state index in [-0.39, 0.29) is 0 Å². The molecule has 1 nitrogen and oxygen atoms in total. The fraction of sp³-hybridized carbons (Fsp3) is 0.538. The maximum atomic E-state index is 5.84. The van der Waals surface area contributed by atoms with Crippen molar-refractivity contribution in [2.75, 3.05) is 0 Å². The van der Waals surface area contributed by atoms with Gasteiger partial charge in [0.1, 0.15) is 5.75 Å². The number of benzene rings is 1. The van der Waals surface area contributed by atoms with Crippen LogP contribution in [0.1, 0.15) is 39.5 Å². The van der Waals surface area contributed by atoms with Crippen LogP contribution in [0.2, 0.25) is 0 Å². The minimum Gasteiger partial charge on any atom is -0.490 e. The number of para-hydroxylation sites is 1. The van der Waals surface area contributed by atoms with Gasteiger partial charge in [-0.1, -0.05) is 44.9 Å². The molecule has 0 amide bonds. The second-order valence-electron chi connectivity index (χ2n) is 3.54. The summed E-state index contributed by atoms with van der Waals surface area (Å²) in [6.45, 7) is 4.39. The molecule has 0 fully saturated rings. The highest BCUT2D eigenvalue weighted by Crippen LogP contribution is 2.15. The molecule has 0 aliphatic heterocycles. The molecule has 1 radical (unpaired) electrons. The van der Waals surface area contributed by atoms with E-state index in [0.717, 1.165) is 18.6 Å². The lowest BCUT2D eigenvalue weighted by Crippen LogP contribution is -2.15. The summed E-state index contributed by atoms with van der Waals surface area (Å²) in [6, 6.07) is 10.9. The Labute approximate surface area is 87.1 Å². The number of hydrogen-bond acceptors (Lipinski definition) is 1. The molecule has 0 heterocycles. The summed E-state index contributed by atoms with van der Waals surface area (Å²) in [5.74, 6) is 0.874. The van der Waals surface area contributed by atoms with Crippen molar-refractivity contribution >= 4 is 0 Å². The molecule has 0 unspecified atom stereocenters. The lowest BCUT2D eigenvalue weighted by atomic mass is 10.1. The van der Waals surface area contributed by atoms with Crippen molar-refractivity contribution in [3.05, 3.63) is 30.3 Å². The fourth-order valence-corrected chi connectivity index (χ4v) is 1.54. The van der Waals surface area contributed by atoms with Gasteiger partial charge in [-0.05, 0) is 18.9 Å². The van der Waals surface area contributed by atoms with Gasteiger partial charge in [-0.25, -0.2) is 0 Å². The van der Waals surface area contributed by atoms with E-state index < -0.39 is 0 Å². The van der Waals surface area contributed by atoms with Crippen molar-refractivity contribution in [3.8, 4) is 5.75 Å². The number of ether oxygens (including phenoxy) is 1. The summed E-state index contributed by atoms with van der Waals surface area (Å²) in [5, 5.41) is 0. The first kappa shape index (κ1) is 11.1. The highest BCUT2D eigenvalue weighted by molar-refractivity contribution is 5.19. The van der Waals surface area contributed by atoms with E-state index in [9.17, 15) is 0 Å². The van der Waals surface area contributed by atoms with Gasteiger partial charge in [0.15, 0.2) is 0 Å². The Kier molecular flexibility index (Phi) is 5.13. The van der Waals surface area contributed by atoms with Crippen LogP contribution in [0.4, 0.5) is 0 Å². The van der Waals surface area contributed by atoms with Crippen molar-refractivity contribution in [2.24, 2.45) is 0 Å². The number of rotatable bonds is 6. The zero-order valence-electron chi connectivity index (χ0n) is 9.12. The molecule has 14 heavy (non-hydrogen) atoms. The fourth-order valence-electron chi connectivity index (χ4n) is 1.54. The van der Waals surface area contributed by atoms with Gasteiger partial charge >= 0.3 is 0 Å². The SMILES string of the molecule is CCCC(CCC)Oc1[c]cccc1. The highest BCUT2D eigenvalue weighted by Gasteiger charge is 2.07. The number of hydrogen-bond donors (Lipinski definition) is 0. The Bertz CT molecular complexity index is 224. The average molecular weight is 191 g/mol. The van der Waals surface area contributed by atoms with Crippen LogP contribution < -0.4 is 4.74 Å². The van der Waals surface area contributed by atoms with E-state index in [1.807, 2.05) is 24.3 Å². The quantitative estimate of drug-likeness (QED) is 0.664. The minimum absolute atomic E-state index is 0.364. The summed E-state index contributed by atoms with van der Waals surface area (Å²) in [5.41, 5.74) is 0. The first-order chi connectivity index (χ1) is 6.86. The zero-order valence-corrected chi connectivity index (χ0v) is 9.12. The average Bonchev–Trinajstić information content (AvgIpc) is 2.20. The molecule has 1 aromatic carbocycles. The van der Waals surface area contributed by atoms with Crippen LogP contribution in [0.15, 0.2) is 24.3 Å². The summed E-state index contributed by atoms with van der Waals surface area (Å²) >= 11 is 0. The van der Waals surface area contributed by atoms with E-state index in [2.05, 4.69) is 19.9 Å². The third kappa shape index (κ3) is 3.82. The van der Waals surface area contributed by atoms with E-state index in [1.165, 1.54) is 12.8 Å². The van der Waals surface area contributed by atoms with Crippen molar-refractivity contribution in [1.82, 2.24) is 0 Å². The molecule has 0 atom stereocenters. The van der Waals surface area contributed by atoms with Gasteiger partial charge in [0.25, 0.3) is 0 Å². The Morgan fingerprint density at radius 3 is 2.43 bits per heavy atom. The van der Waals surface area contributed by atoms with Crippen molar-refractivity contribution in [1.29, 1.82) is 0 Å². The van der Waals surface area contributed by atoms with Crippen LogP contribution >= 0.6 is 0 Å². The smallest absolute Gasteiger partial charge is 0.127 e. The van der Waals surface area contributed by atoms with E-state index >= 15 is 0 Å². The molecule has 0 saturated carbocycles. The van der Waals surface area contributed by atoms with Gasteiger partial charge in [0.05, 0.1) is 6.10 Å². The minimum atomic E-state index is 0.364. The lowest BCUT2D eigenvalue weighted by Gasteiger charge is -2.17. The molecule has 0 spiro atoms. The molecule has 0 aromatic heterocycles. The van der Waals surface area contributed by atoms with Crippen LogP contribution in [0.25, 0.3) is 0 Å². The monoisotopic (exact) mass is 191 g/mol. The standard InChI is InChI=1S/C13H19O/c1-3-8-12(9-4-2)14-13-10-6-5-7-11-13/h5-7,10,12H,3-4,8-9H2,1-2H3. The van der Waals surface area contributed by atoms with E-state index in [1.54, 1.807) is 0 Å². The van der Waals surface area contributed by atoms with Crippen molar-refractivity contribution < 1.29 is 4.74 Å². The molecule has 1 aromatic rings. The van der Waals surface area contributed by atoms with Gasteiger partial charge in [-0.3, -0.25) is 0 Å². The molecule has 77 valence electrons. The molecule has 0 aliphatic rings. The summed E-state index contributed by atoms with van der Waals surface area (Å²) in [7, 11) is 0. The van der Waals surface area contributed by atoms with Gasteiger partial charge in [0.2, 0.25) is 0 Å². The molecule has 1 rings (SSSR count). The third-order valence-electron chi connectivity index (χ3n) is 2.20. The van der Waals surface area contributed by atoms with E-state index in [4.69, 9.17) is 4.74 Å². The lowest BCUT2D eigenvalue weighted by molar-refractivity contribution is 0.178. The second-order valence-corrected chi connectivity index (χ2v) is 3.54. The molecule has 0 bridgehead atoms. The summed E-state index contributed by atoms with van der Waals surface area (Å²) in [4.78, 5) is 0. The molecule has 1 heteroatoms. The third-order valence-corrected chi connectivity index (χ3v) is 2.20. The molecule has 0 N–H and O–H groups in total. The maximum absolute atomic E-state index is 5.84. The predicted octanol–water partition coefficient (Wildman–Crippen LogP) is 3.83. The maximum Gasteiger partial charge on any atom is 0.127 e. The summed E-state index contributed by atoms with van der Waals surface area (Å²) in [6.07, 6.45) is 4.99. The largest absolute Gasteiger partial charge is 0.490 e. The topological polar surface area (TPSA) is 9.23 Å². The van der Waals surface area contributed by atoms with Gasteiger partial charge < -0.3 is 4.74 Å². The van der Waals surface area contributed by atoms with Crippen LogP contribution in [-0.2, 0) is 0 Å². The normalized spacial score (nSPS) is 10.5. The molecular weight excluding hydrogens is 172 g/mol. The van der Waals surface area contributed by atoms with Crippen LogP contribution in [0, 0.1) is 6.07 Å². The molecule has 0 saturated heterocycles. The van der Waals surface area contributed by atoms with Crippen molar-refractivity contribution in [2.45, 2.75) is 45.6 Å². The molecular formula is C13H19O. The van der Waals surface area contributed by atoms with Crippen LogP contribution in [0.3, 0.4) is 0 Å². The zero-order chi connectivity index (χ0) is 10.2. The second kappa shape index (κ2) is 6.47. The Hall–Kier alpha value is -0.980. The van der Waals surface area contributed by atoms with E-state index in [0.29, 0.717) is 6.10 Å². The first-order valence-electron chi connectivity index (χ1n) is 5.50.